The number of aryl methyl sites for hydroxylation is 1. The lowest BCUT2D eigenvalue weighted by atomic mass is 10.2. The molecular formula is C11H14N2. The van der Waals surface area contributed by atoms with Gasteiger partial charge in [-0.15, -0.1) is 0 Å². The second-order valence-corrected chi connectivity index (χ2v) is 2.77. The Balaban J connectivity index is 2.84. The maximum Gasteiger partial charge on any atom is 0.0526 e. The highest BCUT2D eigenvalue weighted by Crippen LogP contribution is 2.08. The fourth-order valence-electron chi connectivity index (χ4n) is 1.16. The van der Waals surface area contributed by atoms with Crippen molar-refractivity contribution < 1.29 is 0 Å². The summed E-state index contributed by atoms with van der Waals surface area (Å²) in [6.45, 7) is 9.35. The Morgan fingerprint density at radius 3 is 2.92 bits per heavy atom. The molecule has 0 saturated carbocycles. The summed E-state index contributed by atoms with van der Waals surface area (Å²) < 4.78 is 1.79. The number of nitrogens with zero attached hydrogens (tertiary/aromatic N) is 2. The first-order valence-corrected chi connectivity index (χ1v) is 4.22. The van der Waals surface area contributed by atoms with Crippen molar-refractivity contribution in [3.63, 3.8) is 0 Å². The van der Waals surface area contributed by atoms with Gasteiger partial charge in [0.1, 0.15) is 0 Å². The van der Waals surface area contributed by atoms with Gasteiger partial charge in [-0.1, -0.05) is 31.4 Å². The molecule has 0 spiro atoms. The minimum absolute atomic E-state index is 0.865. The highest BCUT2D eigenvalue weighted by molar-refractivity contribution is 5.28. The van der Waals surface area contributed by atoms with Gasteiger partial charge in [0.25, 0.3) is 0 Å². The molecule has 0 N–H and O–H groups in total. The molecular weight excluding hydrogens is 160 g/mol. The van der Waals surface area contributed by atoms with Gasteiger partial charge in [-0.2, -0.15) is 5.10 Å². The highest BCUT2D eigenvalue weighted by atomic mass is 15.3. The Bertz CT molecular complexity index is 332. The van der Waals surface area contributed by atoms with Crippen LogP contribution in [-0.4, -0.2) is 9.78 Å². The van der Waals surface area contributed by atoms with E-state index >= 15 is 0 Å². The molecule has 68 valence electrons. The summed E-state index contributed by atoms with van der Waals surface area (Å²) >= 11 is 0. The molecule has 0 atom stereocenters. The number of hydrogen-bond acceptors (Lipinski definition) is 1. The fraction of sp³-hybridized carbons (Fsp3) is 0.182. The predicted molar refractivity (Wildman–Crippen MR) is 56.4 cm³/mol. The second-order valence-electron chi connectivity index (χ2n) is 2.77. The van der Waals surface area contributed by atoms with Crippen LogP contribution in [0.25, 0.3) is 6.20 Å². The second kappa shape index (κ2) is 4.45. The lowest BCUT2D eigenvalue weighted by Gasteiger charge is -1.99. The number of aromatic nitrogens is 2. The highest BCUT2D eigenvalue weighted by Gasteiger charge is 2.01. The van der Waals surface area contributed by atoms with Crippen LogP contribution < -0.4 is 0 Å². The maximum absolute atomic E-state index is 4.15. The van der Waals surface area contributed by atoms with Crippen molar-refractivity contribution >= 4 is 6.20 Å². The molecule has 1 aromatic rings. The lowest BCUT2D eigenvalue weighted by molar-refractivity contribution is 0.875. The molecule has 0 saturated heterocycles. The zero-order valence-corrected chi connectivity index (χ0v) is 7.90. The molecule has 1 rings (SSSR count). The third-order valence-electron chi connectivity index (χ3n) is 1.86. The van der Waals surface area contributed by atoms with E-state index in [-0.39, 0.29) is 0 Å². The summed E-state index contributed by atoms with van der Waals surface area (Å²) in [6.07, 6.45) is 10.2. The predicted octanol–water partition coefficient (Wildman–Crippen LogP) is 2.58. The maximum atomic E-state index is 4.15. The molecule has 0 aliphatic rings. The first-order valence-electron chi connectivity index (χ1n) is 4.22. The van der Waals surface area contributed by atoms with Crippen LogP contribution in [0.1, 0.15) is 11.3 Å². The Labute approximate surface area is 78.9 Å². The minimum Gasteiger partial charge on any atom is -0.245 e. The van der Waals surface area contributed by atoms with E-state index in [2.05, 4.69) is 24.3 Å². The van der Waals surface area contributed by atoms with E-state index in [1.165, 1.54) is 11.3 Å². The molecule has 1 aromatic heterocycles. The van der Waals surface area contributed by atoms with Gasteiger partial charge in [-0.3, -0.25) is 0 Å². The summed E-state index contributed by atoms with van der Waals surface area (Å²) in [7, 11) is 0. The number of rotatable bonds is 4. The molecule has 0 amide bonds. The van der Waals surface area contributed by atoms with Crippen molar-refractivity contribution in [3.05, 3.63) is 48.8 Å². The van der Waals surface area contributed by atoms with Gasteiger partial charge >= 0.3 is 0 Å². The molecule has 1 heterocycles. The van der Waals surface area contributed by atoms with E-state index in [4.69, 9.17) is 0 Å². The van der Waals surface area contributed by atoms with Gasteiger partial charge in [0.15, 0.2) is 0 Å². The minimum atomic E-state index is 0.865. The average molecular weight is 174 g/mol. The largest absolute Gasteiger partial charge is 0.245 e. The van der Waals surface area contributed by atoms with Crippen molar-refractivity contribution in [2.24, 2.45) is 0 Å². The summed E-state index contributed by atoms with van der Waals surface area (Å²) in [4.78, 5) is 0. The summed E-state index contributed by atoms with van der Waals surface area (Å²) in [5.41, 5.74) is 2.36. The molecule has 0 bridgehead atoms. The van der Waals surface area contributed by atoms with Crippen LogP contribution in [0, 0.1) is 6.92 Å². The fourth-order valence-corrected chi connectivity index (χ4v) is 1.16. The van der Waals surface area contributed by atoms with Gasteiger partial charge in [-0.25, -0.2) is 4.68 Å². The van der Waals surface area contributed by atoms with Gasteiger partial charge < -0.3 is 0 Å². The first kappa shape index (κ1) is 9.52. The first-order chi connectivity index (χ1) is 6.29. The van der Waals surface area contributed by atoms with Crippen molar-refractivity contribution in [1.29, 1.82) is 0 Å². The van der Waals surface area contributed by atoms with Crippen LogP contribution in [0.3, 0.4) is 0 Å². The molecule has 2 nitrogen and oxygen atoms in total. The summed E-state index contributed by atoms with van der Waals surface area (Å²) in [6, 6.07) is 0. The topological polar surface area (TPSA) is 17.8 Å². The van der Waals surface area contributed by atoms with E-state index in [0.717, 1.165) is 6.42 Å². The smallest absolute Gasteiger partial charge is 0.0526 e. The molecule has 2 heteroatoms. The standard InChI is InChI=1S/C11H14N2/c1-4-6-7-8-11-10(3)9-12-13(11)5-2/h4-7,9H,1-2,8H2,3H3/b7-6-. The summed E-state index contributed by atoms with van der Waals surface area (Å²) in [5, 5.41) is 4.15. The SMILES string of the molecule is C=C/C=C\Cc1c(C)cnn1C=C. The number of hydrogen-bond donors (Lipinski definition) is 0. The van der Waals surface area contributed by atoms with Crippen molar-refractivity contribution in [2.75, 3.05) is 0 Å². The Morgan fingerprint density at radius 2 is 2.31 bits per heavy atom. The van der Waals surface area contributed by atoms with E-state index < -0.39 is 0 Å². The molecule has 0 radical (unpaired) electrons. The molecule has 0 aliphatic carbocycles. The molecule has 0 unspecified atom stereocenters. The van der Waals surface area contributed by atoms with Gasteiger partial charge in [0.2, 0.25) is 0 Å². The van der Waals surface area contributed by atoms with Gasteiger partial charge in [-0.05, 0) is 12.5 Å². The molecule has 0 aliphatic heterocycles. The van der Waals surface area contributed by atoms with Crippen LogP contribution >= 0.6 is 0 Å². The Kier molecular flexibility index (Phi) is 3.26. The lowest BCUT2D eigenvalue weighted by Crippen LogP contribution is -1.95. The molecule has 0 aromatic carbocycles. The van der Waals surface area contributed by atoms with Crippen LogP contribution in [0.5, 0.6) is 0 Å². The van der Waals surface area contributed by atoms with Crippen molar-refractivity contribution in [1.82, 2.24) is 9.78 Å². The van der Waals surface area contributed by atoms with Crippen LogP contribution in [-0.2, 0) is 6.42 Å². The zero-order valence-electron chi connectivity index (χ0n) is 7.90. The van der Waals surface area contributed by atoms with Gasteiger partial charge in [0, 0.05) is 12.6 Å². The van der Waals surface area contributed by atoms with E-state index in [9.17, 15) is 0 Å². The van der Waals surface area contributed by atoms with Crippen molar-refractivity contribution in [3.8, 4) is 0 Å². The Hall–Kier alpha value is -1.57. The van der Waals surface area contributed by atoms with E-state index in [1.54, 1.807) is 17.0 Å². The van der Waals surface area contributed by atoms with Gasteiger partial charge in [0.05, 0.1) is 11.9 Å². The molecule has 0 fully saturated rings. The Morgan fingerprint density at radius 1 is 1.54 bits per heavy atom. The van der Waals surface area contributed by atoms with Crippen LogP contribution in [0.2, 0.25) is 0 Å². The third kappa shape index (κ3) is 2.18. The van der Waals surface area contributed by atoms with Crippen molar-refractivity contribution in [2.45, 2.75) is 13.3 Å². The van der Waals surface area contributed by atoms with E-state index in [0.29, 0.717) is 0 Å². The van der Waals surface area contributed by atoms with E-state index in [1.807, 2.05) is 19.2 Å². The summed E-state index contributed by atoms with van der Waals surface area (Å²) in [5.74, 6) is 0. The average Bonchev–Trinajstić information content (AvgIpc) is 2.48. The third-order valence-corrected chi connectivity index (χ3v) is 1.86. The zero-order chi connectivity index (χ0) is 9.68. The van der Waals surface area contributed by atoms with Crippen LogP contribution in [0.4, 0.5) is 0 Å². The molecule has 13 heavy (non-hydrogen) atoms. The quantitative estimate of drug-likeness (QED) is 0.641. The monoisotopic (exact) mass is 174 g/mol. The van der Waals surface area contributed by atoms with Crippen LogP contribution in [0.15, 0.2) is 37.6 Å². The number of allylic oxidation sites excluding steroid dienone is 3. The normalized spacial score (nSPS) is 10.5.